The van der Waals surface area contributed by atoms with Crippen LogP contribution in [0.4, 0.5) is 4.39 Å². The third-order valence-electron chi connectivity index (χ3n) is 2.71. The Morgan fingerprint density at radius 1 is 1.11 bits per heavy atom. The second-order valence-electron chi connectivity index (χ2n) is 4.09. The van der Waals surface area contributed by atoms with E-state index < -0.39 is 6.10 Å². The highest BCUT2D eigenvalue weighted by atomic mass is 19.1. The van der Waals surface area contributed by atoms with Crippen molar-refractivity contribution in [2.75, 3.05) is 0 Å². The molecule has 2 nitrogen and oxygen atoms in total. The maximum atomic E-state index is 13.4. The lowest BCUT2D eigenvalue weighted by molar-refractivity contribution is 0.190. The fraction of sp³-hybridized carbons (Fsp3) is 0.200. The second-order valence-corrected chi connectivity index (χ2v) is 4.09. The molecule has 0 radical (unpaired) electrons. The first-order valence-corrected chi connectivity index (χ1v) is 5.81. The maximum absolute atomic E-state index is 13.4. The van der Waals surface area contributed by atoms with Gasteiger partial charge in [-0.3, -0.25) is 0 Å². The predicted molar refractivity (Wildman–Crippen MR) is 67.8 cm³/mol. The minimum absolute atomic E-state index is 0.149. The monoisotopic (exact) mass is 246 g/mol. The van der Waals surface area contributed by atoms with Crippen molar-refractivity contribution in [3.05, 3.63) is 65.5 Å². The van der Waals surface area contributed by atoms with E-state index in [2.05, 4.69) is 0 Å². The largest absolute Gasteiger partial charge is 0.488 e. The molecule has 0 saturated heterocycles. The average molecular weight is 246 g/mol. The average Bonchev–Trinajstić information content (AvgIpc) is 2.38. The van der Waals surface area contributed by atoms with Crippen LogP contribution in [0.15, 0.2) is 48.5 Å². The Morgan fingerprint density at radius 2 is 1.78 bits per heavy atom. The number of hydrogen-bond donors (Lipinski definition) is 1. The molecular formula is C15H15FO2. The molecule has 94 valence electrons. The van der Waals surface area contributed by atoms with E-state index in [0.29, 0.717) is 16.9 Å². The van der Waals surface area contributed by atoms with Crippen molar-refractivity contribution in [2.45, 2.75) is 19.6 Å². The molecule has 0 saturated carbocycles. The highest BCUT2D eigenvalue weighted by molar-refractivity contribution is 5.35. The Balaban J connectivity index is 2.14. The standard InChI is InChI=1S/C15H15FO2/c1-11(17)13-7-3-5-9-15(13)18-10-12-6-2-4-8-14(12)16/h2-9,11,17H,10H2,1H3/t11-/m1/s1. The van der Waals surface area contributed by atoms with Gasteiger partial charge in [0.05, 0.1) is 6.10 Å². The summed E-state index contributed by atoms with van der Waals surface area (Å²) in [5, 5.41) is 9.60. The number of rotatable bonds is 4. The topological polar surface area (TPSA) is 29.5 Å². The molecule has 2 aromatic carbocycles. The summed E-state index contributed by atoms with van der Waals surface area (Å²) in [5.41, 5.74) is 1.20. The van der Waals surface area contributed by atoms with Crippen LogP contribution >= 0.6 is 0 Å². The van der Waals surface area contributed by atoms with Crippen molar-refractivity contribution in [2.24, 2.45) is 0 Å². The summed E-state index contributed by atoms with van der Waals surface area (Å²) in [6.07, 6.45) is -0.609. The Bertz CT molecular complexity index is 523. The Morgan fingerprint density at radius 3 is 2.50 bits per heavy atom. The van der Waals surface area contributed by atoms with Crippen LogP contribution in [0.3, 0.4) is 0 Å². The smallest absolute Gasteiger partial charge is 0.129 e. The van der Waals surface area contributed by atoms with Gasteiger partial charge in [0, 0.05) is 11.1 Å². The molecule has 0 aliphatic rings. The summed E-state index contributed by atoms with van der Waals surface area (Å²) in [7, 11) is 0. The first-order chi connectivity index (χ1) is 8.68. The summed E-state index contributed by atoms with van der Waals surface area (Å²) >= 11 is 0. The number of aliphatic hydroxyl groups is 1. The zero-order valence-electron chi connectivity index (χ0n) is 10.1. The Hall–Kier alpha value is -1.87. The minimum Gasteiger partial charge on any atom is -0.488 e. The highest BCUT2D eigenvalue weighted by Gasteiger charge is 2.09. The molecule has 18 heavy (non-hydrogen) atoms. The Kier molecular flexibility index (Phi) is 3.95. The van der Waals surface area contributed by atoms with E-state index in [-0.39, 0.29) is 12.4 Å². The third kappa shape index (κ3) is 2.87. The third-order valence-corrected chi connectivity index (χ3v) is 2.71. The van der Waals surface area contributed by atoms with Crippen molar-refractivity contribution in [3.8, 4) is 5.75 Å². The number of hydrogen-bond acceptors (Lipinski definition) is 2. The molecule has 0 heterocycles. The fourth-order valence-corrected chi connectivity index (χ4v) is 1.73. The van der Waals surface area contributed by atoms with Crippen molar-refractivity contribution in [3.63, 3.8) is 0 Å². The summed E-state index contributed by atoms with van der Waals surface area (Å²) in [6, 6.07) is 13.7. The van der Waals surface area contributed by atoms with Crippen LogP contribution in [-0.2, 0) is 6.61 Å². The quantitative estimate of drug-likeness (QED) is 0.895. The molecular weight excluding hydrogens is 231 g/mol. The molecule has 0 fully saturated rings. The lowest BCUT2D eigenvalue weighted by Gasteiger charge is -2.13. The van der Waals surface area contributed by atoms with Crippen molar-refractivity contribution in [1.29, 1.82) is 0 Å². The van der Waals surface area contributed by atoms with Crippen LogP contribution in [0.2, 0.25) is 0 Å². The van der Waals surface area contributed by atoms with Crippen LogP contribution in [0.1, 0.15) is 24.2 Å². The predicted octanol–water partition coefficient (Wildman–Crippen LogP) is 3.46. The van der Waals surface area contributed by atoms with E-state index in [1.807, 2.05) is 12.1 Å². The van der Waals surface area contributed by atoms with Gasteiger partial charge in [-0.15, -0.1) is 0 Å². The molecule has 0 aliphatic heterocycles. The molecule has 0 aliphatic carbocycles. The molecule has 0 aromatic heterocycles. The molecule has 0 unspecified atom stereocenters. The van der Waals surface area contributed by atoms with Gasteiger partial charge in [0.25, 0.3) is 0 Å². The van der Waals surface area contributed by atoms with Crippen LogP contribution in [0, 0.1) is 5.82 Å². The molecule has 3 heteroatoms. The van der Waals surface area contributed by atoms with Crippen molar-refractivity contribution < 1.29 is 14.2 Å². The van der Waals surface area contributed by atoms with E-state index in [1.54, 1.807) is 37.3 Å². The normalized spacial score (nSPS) is 12.2. The second kappa shape index (κ2) is 5.65. The van der Waals surface area contributed by atoms with Gasteiger partial charge in [-0.05, 0) is 19.1 Å². The number of para-hydroxylation sites is 1. The van der Waals surface area contributed by atoms with Crippen molar-refractivity contribution in [1.82, 2.24) is 0 Å². The maximum Gasteiger partial charge on any atom is 0.129 e. The fourth-order valence-electron chi connectivity index (χ4n) is 1.73. The first-order valence-electron chi connectivity index (χ1n) is 5.81. The van der Waals surface area contributed by atoms with Crippen LogP contribution in [0.25, 0.3) is 0 Å². The van der Waals surface area contributed by atoms with Gasteiger partial charge in [0.1, 0.15) is 18.2 Å². The van der Waals surface area contributed by atoms with Crippen LogP contribution < -0.4 is 4.74 Å². The zero-order valence-corrected chi connectivity index (χ0v) is 10.1. The molecule has 2 rings (SSSR count). The molecule has 2 aromatic rings. The highest BCUT2D eigenvalue weighted by Crippen LogP contribution is 2.25. The van der Waals surface area contributed by atoms with E-state index >= 15 is 0 Å². The molecule has 0 bridgehead atoms. The molecule has 1 atom stereocenters. The van der Waals surface area contributed by atoms with E-state index in [9.17, 15) is 9.50 Å². The first kappa shape index (κ1) is 12.6. The Labute approximate surface area is 106 Å². The SMILES string of the molecule is C[C@@H](O)c1ccccc1OCc1ccccc1F. The van der Waals surface area contributed by atoms with Crippen molar-refractivity contribution >= 4 is 0 Å². The van der Waals surface area contributed by atoms with Gasteiger partial charge in [0.15, 0.2) is 0 Å². The van der Waals surface area contributed by atoms with Gasteiger partial charge in [-0.25, -0.2) is 4.39 Å². The number of aliphatic hydroxyl groups excluding tert-OH is 1. The van der Waals surface area contributed by atoms with E-state index in [1.165, 1.54) is 6.07 Å². The lowest BCUT2D eigenvalue weighted by atomic mass is 10.1. The van der Waals surface area contributed by atoms with Gasteiger partial charge >= 0.3 is 0 Å². The van der Waals surface area contributed by atoms with Crippen LogP contribution in [-0.4, -0.2) is 5.11 Å². The number of halogens is 1. The zero-order chi connectivity index (χ0) is 13.0. The summed E-state index contributed by atoms with van der Waals surface area (Å²) in [5.74, 6) is 0.294. The lowest BCUT2D eigenvalue weighted by Crippen LogP contribution is -2.02. The summed E-state index contributed by atoms with van der Waals surface area (Å²) < 4.78 is 19.0. The van der Waals surface area contributed by atoms with Gasteiger partial charge in [0.2, 0.25) is 0 Å². The van der Waals surface area contributed by atoms with Gasteiger partial charge in [-0.2, -0.15) is 0 Å². The number of benzene rings is 2. The van der Waals surface area contributed by atoms with Crippen LogP contribution in [0.5, 0.6) is 5.75 Å². The number of ether oxygens (including phenoxy) is 1. The molecule has 0 spiro atoms. The van der Waals surface area contributed by atoms with E-state index in [4.69, 9.17) is 4.74 Å². The minimum atomic E-state index is -0.609. The van der Waals surface area contributed by atoms with Gasteiger partial charge in [-0.1, -0.05) is 36.4 Å². The molecule has 0 amide bonds. The summed E-state index contributed by atoms with van der Waals surface area (Å²) in [4.78, 5) is 0. The van der Waals surface area contributed by atoms with E-state index in [0.717, 1.165) is 0 Å². The summed E-state index contributed by atoms with van der Waals surface area (Å²) in [6.45, 7) is 1.82. The van der Waals surface area contributed by atoms with Gasteiger partial charge < -0.3 is 9.84 Å². The molecule has 1 N–H and O–H groups in total.